The smallest absolute Gasteiger partial charge is 0.234 e. The molecule has 0 saturated heterocycles. The van der Waals surface area contributed by atoms with E-state index in [1.807, 2.05) is 0 Å². The Morgan fingerprint density at radius 1 is 1.29 bits per heavy atom. The van der Waals surface area contributed by atoms with Gasteiger partial charge >= 0.3 is 0 Å². The molecule has 1 aliphatic carbocycles. The van der Waals surface area contributed by atoms with E-state index < -0.39 is 15.8 Å². The van der Waals surface area contributed by atoms with Crippen LogP contribution in [0, 0.1) is 5.82 Å². The van der Waals surface area contributed by atoms with Crippen LogP contribution < -0.4 is 10.0 Å². The van der Waals surface area contributed by atoms with Gasteiger partial charge in [0.1, 0.15) is 5.82 Å². The van der Waals surface area contributed by atoms with Crippen molar-refractivity contribution in [3.05, 3.63) is 30.1 Å². The average Bonchev–Trinajstić information content (AvgIpc) is 3.05. The molecule has 0 unspecified atom stereocenters. The molecular weight excluding hydrogens is 243 g/mol. The van der Waals surface area contributed by atoms with Gasteiger partial charge in [-0.25, -0.2) is 12.8 Å². The lowest BCUT2D eigenvalue weighted by Crippen LogP contribution is -2.28. The molecule has 0 aromatic heterocycles. The van der Waals surface area contributed by atoms with Crippen molar-refractivity contribution in [1.82, 2.24) is 5.32 Å². The molecule has 4 nitrogen and oxygen atoms in total. The van der Waals surface area contributed by atoms with Crippen molar-refractivity contribution >= 4 is 15.7 Å². The topological polar surface area (TPSA) is 58.2 Å². The first kappa shape index (κ1) is 12.3. The van der Waals surface area contributed by atoms with E-state index >= 15 is 0 Å². The highest BCUT2D eigenvalue weighted by Crippen LogP contribution is 2.18. The van der Waals surface area contributed by atoms with E-state index in [0.29, 0.717) is 12.6 Å². The third-order valence-corrected chi connectivity index (χ3v) is 3.79. The SMILES string of the molecule is O=S(=O)(CCNC1CC1)Nc1ccccc1F. The van der Waals surface area contributed by atoms with Crippen molar-refractivity contribution in [2.24, 2.45) is 0 Å². The lowest BCUT2D eigenvalue weighted by molar-refractivity contribution is 0.593. The quantitative estimate of drug-likeness (QED) is 0.809. The molecule has 0 atom stereocenters. The van der Waals surface area contributed by atoms with E-state index in [1.54, 1.807) is 6.07 Å². The molecule has 17 heavy (non-hydrogen) atoms. The summed E-state index contributed by atoms with van der Waals surface area (Å²) in [5, 5.41) is 3.10. The second kappa shape index (κ2) is 5.01. The lowest BCUT2D eigenvalue weighted by atomic mass is 10.3. The molecule has 94 valence electrons. The Morgan fingerprint density at radius 3 is 2.65 bits per heavy atom. The van der Waals surface area contributed by atoms with Crippen LogP contribution in [0.4, 0.5) is 10.1 Å². The first-order valence-electron chi connectivity index (χ1n) is 5.55. The fraction of sp³-hybridized carbons (Fsp3) is 0.455. The molecule has 0 spiro atoms. The summed E-state index contributed by atoms with van der Waals surface area (Å²) in [6.45, 7) is 0.397. The summed E-state index contributed by atoms with van der Waals surface area (Å²) in [6, 6.07) is 6.20. The Morgan fingerprint density at radius 2 is 2.00 bits per heavy atom. The number of hydrogen-bond donors (Lipinski definition) is 2. The maximum absolute atomic E-state index is 13.2. The van der Waals surface area contributed by atoms with Crippen LogP contribution in [0.1, 0.15) is 12.8 Å². The van der Waals surface area contributed by atoms with Gasteiger partial charge in [-0.1, -0.05) is 12.1 Å². The van der Waals surface area contributed by atoms with Crippen LogP contribution in [-0.2, 0) is 10.0 Å². The summed E-state index contributed by atoms with van der Waals surface area (Å²) in [6.07, 6.45) is 2.22. The van der Waals surface area contributed by atoms with Crippen LogP contribution in [0.3, 0.4) is 0 Å². The van der Waals surface area contributed by atoms with Gasteiger partial charge in [0.05, 0.1) is 11.4 Å². The standard InChI is InChI=1S/C11H15FN2O2S/c12-10-3-1-2-4-11(10)14-17(15,16)8-7-13-9-5-6-9/h1-4,9,13-14H,5-8H2. The van der Waals surface area contributed by atoms with E-state index in [2.05, 4.69) is 10.0 Å². The summed E-state index contributed by atoms with van der Waals surface area (Å²) in [5.41, 5.74) is -0.000998. The van der Waals surface area contributed by atoms with E-state index in [-0.39, 0.29) is 11.4 Å². The predicted molar refractivity (Wildman–Crippen MR) is 64.8 cm³/mol. The molecule has 6 heteroatoms. The van der Waals surface area contributed by atoms with Crippen molar-refractivity contribution < 1.29 is 12.8 Å². The van der Waals surface area contributed by atoms with Crippen LogP contribution >= 0.6 is 0 Å². The number of rotatable bonds is 6. The van der Waals surface area contributed by atoms with Gasteiger partial charge in [0.2, 0.25) is 10.0 Å². The van der Waals surface area contributed by atoms with Crippen molar-refractivity contribution in [1.29, 1.82) is 0 Å². The number of hydrogen-bond acceptors (Lipinski definition) is 3. The van der Waals surface area contributed by atoms with Gasteiger partial charge in [0.15, 0.2) is 0 Å². The molecule has 1 saturated carbocycles. The third kappa shape index (κ3) is 3.98. The Kier molecular flexibility index (Phi) is 3.63. The number of anilines is 1. The minimum Gasteiger partial charge on any atom is -0.313 e. The molecule has 2 rings (SSSR count). The van der Waals surface area contributed by atoms with Gasteiger partial charge in [-0.05, 0) is 25.0 Å². The highest BCUT2D eigenvalue weighted by molar-refractivity contribution is 7.92. The summed E-state index contributed by atoms with van der Waals surface area (Å²) in [5.74, 6) is -0.607. The molecule has 0 heterocycles. The van der Waals surface area contributed by atoms with Gasteiger partial charge in [0.25, 0.3) is 0 Å². The number of halogens is 1. The number of para-hydroxylation sites is 1. The molecule has 1 aromatic carbocycles. The monoisotopic (exact) mass is 258 g/mol. The average molecular weight is 258 g/mol. The maximum atomic E-state index is 13.2. The van der Waals surface area contributed by atoms with Gasteiger partial charge in [-0.2, -0.15) is 0 Å². The van der Waals surface area contributed by atoms with E-state index in [1.165, 1.54) is 18.2 Å². The Balaban J connectivity index is 1.89. The van der Waals surface area contributed by atoms with Gasteiger partial charge < -0.3 is 5.32 Å². The molecule has 1 aromatic rings. The van der Waals surface area contributed by atoms with Gasteiger partial charge in [0, 0.05) is 12.6 Å². The zero-order valence-corrected chi connectivity index (χ0v) is 10.1. The molecular formula is C11H15FN2O2S. The van der Waals surface area contributed by atoms with Gasteiger partial charge in [-0.15, -0.1) is 0 Å². The highest BCUT2D eigenvalue weighted by atomic mass is 32.2. The minimum atomic E-state index is -3.48. The van der Waals surface area contributed by atoms with Crippen molar-refractivity contribution in [2.45, 2.75) is 18.9 Å². The second-order valence-electron chi connectivity index (χ2n) is 4.13. The summed E-state index contributed by atoms with van der Waals surface area (Å²) >= 11 is 0. The van der Waals surface area contributed by atoms with E-state index in [0.717, 1.165) is 12.8 Å². The van der Waals surface area contributed by atoms with E-state index in [9.17, 15) is 12.8 Å². The fourth-order valence-corrected chi connectivity index (χ4v) is 2.44. The zero-order chi connectivity index (χ0) is 12.3. The maximum Gasteiger partial charge on any atom is 0.234 e. The number of sulfonamides is 1. The summed E-state index contributed by atoms with van der Waals surface area (Å²) in [7, 11) is -3.48. The summed E-state index contributed by atoms with van der Waals surface area (Å²) < 4.78 is 38.7. The highest BCUT2D eigenvalue weighted by Gasteiger charge is 2.21. The van der Waals surface area contributed by atoms with Crippen molar-refractivity contribution in [2.75, 3.05) is 17.0 Å². The first-order chi connectivity index (χ1) is 8.07. The first-order valence-corrected chi connectivity index (χ1v) is 7.20. The zero-order valence-electron chi connectivity index (χ0n) is 9.32. The minimum absolute atomic E-state index is 0.000998. The van der Waals surface area contributed by atoms with Gasteiger partial charge in [-0.3, -0.25) is 4.72 Å². The third-order valence-electron chi connectivity index (χ3n) is 2.52. The predicted octanol–water partition coefficient (Wildman–Crippen LogP) is 1.32. The van der Waals surface area contributed by atoms with E-state index in [4.69, 9.17) is 0 Å². The van der Waals surface area contributed by atoms with Crippen LogP contribution in [0.15, 0.2) is 24.3 Å². The van der Waals surface area contributed by atoms with Crippen molar-refractivity contribution in [3.8, 4) is 0 Å². The molecule has 0 amide bonds. The molecule has 0 radical (unpaired) electrons. The van der Waals surface area contributed by atoms with Crippen molar-refractivity contribution in [3.63, 3.8) is 0 Å². The Bertz CT molecular complexity index is 486. The van der Waals surface area contributed by atoms with Crippen LogP contribution in [-0.4, -0.2) is 26.8 Å². The molecule has 0 aliphatic heterocycles. The molecule has 0 bridgehead atoms. The van der Waals surface area contributed by atoms with Crippen LogP contribution in [0.5, 0.6) is 0 Å². The molecule has 1 fully saturated rings. The number of benzene rings is 1. The largest absolute Gasteiger partial charge is 0.313 e. The molecule has 2 N–H and O–H groups in total. The Labute approximate surface area is 100 Å². The van der Waals surface area contributed by atoms with Crippen LogP contribution in [0.25, 0.3) is 0 Å². The second-order valence-corrected chi connectivity index (χ2v) is 5.97. The number of nitrogens with one attached hydrogen (secondary N) is 2. The normalized spacial score (nSPS) is 15.8. The fourth-order valence-electron chi connectivity index (χ4n) is 1.45. The van der Waals surface area contributed by atoms with Crippen LogP contribution in [0.2, 0.25) is 0 Å². The Hall–Kier alpha value is -1.14. The lowest BCUT2D eigenvalue weighted by Gasteiger charge is -2.09. The summed E-state index contributed by atoms with van der Waals surface area (Å²) in [4.78, 5) is 0. The molecule has 1 aliphatic rings.